The Labute approximate surface area is 160 Å². The van der Waals surface area contributed by atoms with Crippen LogP contribution in [0.5, 0.6) is 11.5 Å². The van der Waals surface area contributed by atoms with Crippen LogP contribution in [0.3, 0.4) is 0 Å². The molecule has 0 heterocycles. The summed E-state index contributed by atoms with van der Waals surface area (Å²) in [5, 5.41) is 2.98. The summed E-state index contributed by atoms with van der Waals surface area (Å²) in [5.74, 6) is 1.07. The first-order chi connectivity index (χ1) is 13.0. The lowest BCUT2D eigenvalue weighted by atomic mass is 10.0. The number of likely N-dealkylation sites (N-methyl/N-ethyl adjacent to an activating group) is 1. The molecule has 0 spiro atoms. The highest BCUT2D eigenvalue weighted by atomic mass is 19.1. The molecule has 1 amide bonds. The van der Waals surface area contributed by atoms with E-state index < -0.39 is 0 Å². The summed E-state index contributed by atoms with van der Waals surface area (Å²) in [5.41, 5.74) is 1.03. The number of nitrogens with one attached hydrogen (secondary N) is 1. The van der Waals surface area contributed by atoms with Gasteiger partial charge in [0.25, 0.3) is 0 Å². The van der Waals surface area contributed by atoms with Gasteiger partial charge in [-0.25, -0.2) is 4.39 Å². The van der Waals surface area contributed by atoms with Crippen LogP contribution in [0, 0.1) is 5.82 Å². The number of hydrogen-bond donors (Lipinski definition) is 1. The molecule has 2 aromatic rings. The molecule has 1 N–H and O–H groups in total. The highest BCUT2D eigenvalue weighted by molar-refractivity contribution is 5.75. The van der Waals surface area contributed by atoms with Gasteiger partial charge in [-0.3, -0.25) is 4.79 Å². The van der Waals surface area contributed by atoms with Gasteiger partial charge in [0.15, 0.2) is 0 Å². The molecule has 2 aromatic carbocycles. The number of para-hydroxylation sites is 1. The van der Waals surface area contributed by atoms with Gasteiger partial charge >= 0.3 is 0 Å². The molecule has 0 aliphatic rings. The van der Waals surface area contributed by atoms with Crippen LogP contribution in [-0.2, 0) is 4.79 Å². The van der Waals surface area contributed by atoms with Gasteiger partial charge in [-0.05, 0) is 50.8 Å². The van der Waals surface area contributed by atoms with Crippen molar-refractivity contribution in [3.8, 4) is 11.5 Å². The second-order valence-electron chi connectivity index (χ2n) is 6.43. The van der Waals surface area contributed by atoms with Gasteiger partial charge in [-0.15, -0.1) is 0 Å². The molecule has 0 aromatic heterocycles. The van der Waals surface area contributed by atoms with E-state index in [2.05, 4.69) is 10.2 Å². The number of nitrogens with zero attached hydrogens (tertiary/aromatic N) is 1. The van der Waals surface area contributed by atoms with Gasteiger partial charge in [0, 0.05) is 18.5 Å². The molecule has 0 saturated heterocycles. The maximum absolute atomic E-state index is 12.8. The quantitative estimate of drug-likeness (QED) is 0.648. The fourth-order valence-electron chi connectivity index (χ4n) is 2.76. The lowest BCUT2D eigenvalue weighted by Crippen LogP contribution is -2.34. The standard InChI is InChI=1S/C21H27FN2O3/c1-24(2)19(18-7-4-5-8-20(18)26-3)15-23-21(25)9-6-14-27-17-12-10-16(22)11-13-17/h4-5,7-8,10-13,19H,6,9,14-15H2,1-3H3,(H,23,25). The lowest BCUT2D eigenvalue weighted by Gasteiger charge is -2.26. The summed E-state index contributed by atoms with van der Waals surface area (Å²) in [7, 11) is 5.59. The van der Waals surface area contributed by atoms with E-state index in [1.165, 1.54) is 12.1 Å². The Bertz CT molecular complexity index is 720. The van der Waals surface area contributed by atoms with Gasteiger partial charge in [-0.1, -0.05) is 18.2 Å². The van der Waals surface area contributed by atoms with E-state index >= 15 is 0 Å². The third-order valence-electron chi connectivity index (χ3n) is 4.24. The number of methoxy groups -OCH3 is 1. The van der Waals surface area contributed by atoms with Gasteiger partial charge in [0.05, 0.1) is 19.8 Å². The summed E-state index contributed by atoms with van der Waals surface area (Å²) in [6.07, 6.45) is 0.956. The maximum Gasteiger partial charge on any atom is 0.220 e. The molecule has 1 atom stereocenters. The molecule has 0 aliphatic heterocycles. The minimum absolute atomic E-state index is 0.0144. The second kappa shape index (κ2) is 10.5. The van der Waals surface area contributed by atoms with Crippen LogP contribution in [0.2, 0.25) is 0 Å². The zero-order valence-electron chi connectivity index (χ0n) is 16.1. The number of ether oxygens (including phenoxy) is 2. The van der Waals surface area contributed by atoms with Crippen LogP contribution in [-0.4, -0.2) is 45.2 Å². The minimum atomic E-state index is -0.299. The molecule has 0 bridgehead atoms. The first-order valence-electron chi connectivity index (χ1n) is 8.95. The van der Waals surface area contributed by atoms with Crippen LogP contribution in [0.25, 0.3) is 0 Å². The minimum Gasteiger partial charge on any atom is -0.496 e. The molecule has 0 radical (unpaired) electrons. The monoisotopic (exact) mass is 374 g/mol. The molecule has 2 rings (SSSR count). The average molecular weight is 374 g/mol. The van der Waals surface area contributed by atoms with Crippen molar-refractivity contribution in [1.29, 1.82) is 0 Å². The maximum atomic E-state index is 12.8. The Balaban J connectivity index is 1.77. The molecule has 5 nitrogen and oxygen atoms in total. The Hall–Kier alpha value is -2.60. The molecule has 146 valence electrons. The predicted octanol–water partition coefficient (Wildman–Crippen LogP) is 3.41. The fourth-order valence-corrected chi connectivity index (χ4v) is 2.76. The van der Waals surface area contributed by atoms with Crippen LogP contribution < -0.4 is 14.8 Å². The largest absolute Gasteiger partial charge is 0.496 e. The van der Waals surface area contributed by atoms with E-state index in [9.17, 15) is 9.18 Å². The van der Waals surface area contributed by atoms with Crippen molar-refractivity contribution in [3.05, 3.63) is 59.9 Å². The number of carbonyl (C=O) groups excluding carboxylic acids is 1. The van der Waals surface area contributed by atoms with Crippen molar-refractivity contribution < 1.29 is 18.7 Å². The number of rotatable bonds is 10. The first kappa shape index (κ1) is 20.7. The smallest absolute Gasteiger partial charge is 0.220 e. The van der Waals surface area contributed by atoms with Crippen LogP contribution in [0.1, 0.15) is 24.4 Å². The van der Waals surface area contributed by atoms with E-state index in [0.29, 0.717) is 31.7 Å². The molecule has 0 fully saturated rings. The van der Waals surface area contributed by atoms with E-state index in [4.69, 9.17) is 9.47 Å². The second-order valence-corrected chi connectivity index (χ2v) is 6.43. The third kappa shape index (κ3) is 6.57. The van der Waals surface area contributed by atoms with E-state index in [-0.39, 0.29) is 17.8 Å². The summed E-state index contributed by atoms with van der Waals surface area (Å²) < 4.78 is 23.8. The van der Waals surface area contributed by atoms with Crippen molar-refractivity contribution in [2.75, 3.05) is 34.4 Å². The summed E-state index contributed by atoms with van der Waals surface area (Å²) >= 11 is 0. The van der Waals surface area contributed by atoms with Gasteiger partial charge in [-0.2, -0.15) is 0 Å². The number of hydrogen-bond acceptors (Lipinski definition) is 4. The fraction of sp³-hybridized carbons (Fsp3) is 0.381. The predicted molar refractivity (Wildman–Crippen MR) is 104 cm³/mol. The number of carbonyl (C=O) groups is 1. The number of halogens is 1. The van der Waals surface area contributed by atoms with E-state index in [1.54, 1.807) is 19.2 Å². The van der Waals surface area contributed by atoms with Crippen molar-refractivity contribution in [2.24, 2.45) is 0 Å². The lowest BCUT2D eigenvalue weighted by molar-refractivity contribution is -0.121. The van der Waals surface area contributed by atoms with Gasteiger partial charge in [0.1, 0.15) is 17.3 Å². The highest BCUT2D eigenvalue weighted by Gasteiger charge is 2.18. The summed E-state index contributed by atoms with van der Waals surface area (Å²) in [6, 6.07) is 13.7. The van der Waals surface area contributed by atoms with Crippen molar-refractivity contribution in [2.45, 2.75) is 18.9 Å². The average Bonchev–Trinajstić information content (AvgIpc) is 2.67. The molecule has 1 unspecified atom stereocenters. The van der Waals surface area contributed by atoms with Gasteiger partial charge in [0.2, 0.25) is 5.91 Å². The van der Waals surface area contributed by atoms with Crippen LogP contribution in [0.15, 0.2) is 48.5 Å². The molecule has 0 aliphatic carbocycles. The molecular formula is C21H27FN2O3. The molecule has 27 heavy (non-hydrogen) atoms. The number of amides is 1. The van der Waals surface area contributed by atoms with Crippen molar-refractivity contribution in [3.63, 3.8) is 0 Å². The zero-order valence-corrected chi connectivity index (χ0v) is 16.1. The van der Waals surface area contributed by atoms with E-state index in [0.717, 1.165) is 11.3 Å². The topological polar surface area (TPSA) is 50.8 Å². The third-order valence-corrected chi connectivity index (χ3v) is 4.24. The van der Waals surface area contributed by atoms with Gasteiger partial charge < -0.3 is 19.7 Å². The van der Waals surface area contributed by atoms with Crippen molar-refractivity contribution >= 4 is 5.91 Å². The Morgan fingerprint density at radius 3 is 2.52 bits per heavy atom. The summed E-state index contributed by atoms with van der Waals surface area (Å²) in [4.78, 5) is 14.2. The summed E-state index contributed by atoms with van der Waals surface area (Å²) in [6.45, 7) is 0.897. The van der Waals surface area contributed by atoms with Crippen LogP contribution >= 0.6 is 0 Å². The Morgan fingerprint density at radius 1 is 1.15 bits per heavy atom. The Kier molecular flexibility index (Phi) is 8.07. The van der Waals surface area contributed by atoms with Crippen molar-refractivity contribution in [1.82, 2.24) is 10.2 Å². The Morgan fingerprint density at radius 2 is 1.85 bits per heavy atom. The zero-order chi connectivity index (χ0) is 19.6. The first-order valence-corrected chi connectivity index (χ1v) is 8.95. The molecule has 6 heteroatoms. The SMILES string of the molecule is COc1ccccc1C(CNC(=O)CCCOc1ccc(F)cc1)N(C)C. The molecular weight excluding hydrogens is 347 g/mol. The highest BCUT2D eigenvalue weighted by Crippen LogP contribution is 2.27. The van der Waals surface area contributed by atoms with E-state index in [1.807, 2.05) is 38.4 Å². The normalized spacial score (nSPS) is 11.9. The molecule has 0 saturated carbocycles. The van der Waals surface area contributed by atoms with Crippen LogP contribution in [0.4, 0.5) is 4.39 Å². The number of benzene rings is 2.